The summed E-state index contributed by atoms with van der Waals surface area (Å²) in [5.41, 5.74) is 12.3. The van der Waals surface area contributed by atoms with Gasteiger partial charge in [-0.15, -0.1) is 0 Å². The molecule has 1 aromatic heterocycles. The Labute approximate surface area is 109 Å². The van der Waals surface area contributed by atoms with Crippen LogP contribution in [0.3, 0.4) is 0 Å². The minimum Gasteiger partial charge on any atom is -0.497 e. The van der Waals surface area contributed by atoms with Gasteiger partial charge >= 0.3 is 0 Å². The first-order chi connectivity index (χ1) is 8.60. The Bertz CT molecular complexity index is 558. The van der Waals surface area contributed by atoms with Gasteiger partial charge in [-0.25, -0.2) is 0 Å². The van der Waals surface area contributed by atoms with E-state index in [9.17, 15) is 0 Å². The minimum absolute atomic E-state index is 0.0604. The third kappa shape index (κ3) is 2.54. The maximum atomic E-state index is 5.82. The van der Waals surface area contributed by atoms with Crippen LogP contribution in [0.4, 0.5) is 23.1 Å². The number of hydrogen-bond donors (Lipinski definition) is 3. The van der Waals surface area contributed by atoms with Crippen molar-refractivity contribution in [3.05, 3.63) is 29.4 Å². The summed E-state index contributed by atoms with van der Waals surface area (Å²) < 4.78 is 5.06. The first-order valence-electron chi connectivity index (χ1n) is 5.09. The van der Waals surface area contributed by atoms with Crippen molar-refractivity contribution in [2.24, 2.45) is 0 Å². The van der Waals surface area contributed by atoms with E-state index >= 15 is 0 Å². The minimum atomic E-state index is 0.0604. The number of ether oxygens (including phenoxy) is 1. The third-order valence-electron chi connectivity index (χ3n) is 2.27. The van der Waals surface area contributed by atoms with Gasteiger partial charge in [0, 0.05) is 5.69 Å². The lowest BCUT2D eigenvalue weighted by molar-refractivity contribution is 0.415. The lowest BCUT2D eigenvalue weighted by Crippen LogP contribution is -2.05. The number of methoxy groups -OCH3 is 1. The fourth-order valence-electron chi connectivity index (χ4n) is 1.36. The number of nitrogen functional groups attached to an aromatic ring is 2. The molecule has 18 heavy (non-hydrogen) atoms. The summed E-state index contributed by atoms with van der Waals surface area (Å²) in [5.74, 6) is 1.19. The molecular formula is C11H12ClN5O. The van der Waals surface area contributed by atoms with Crippen LogP contribution in [0.1, 0.15) is 0 Å². The first-order valence-corrected chi connectivity index (χ1v) is 5.47. The van der Waals surface area contributed by atoms with Gasteiger partial charge in [-0.1, -0.05) is 11.6 Å². The Kier molecular flexibility index (Phi) is 3.38. The molecular weight excluding hydrogens is 254 g/mol. The number of nitrogens with two attached hydrogens (primary N) is 2. The second kappa shape index (κ2) is 4.97. The molecule has 0 aliphatic carbocycles. The SMILES string of the molecule is COc1ccc(Nc2nc(N)nc(Cl)c2N)cc1. The lowest BCUT2D eigenvalue weighted by Gasteiger charge is -2.10. The Hall–Kier alpha value is -2.21. The molecule has 0 radical (unpaired) electrons. The molecule has 0 unspecified atom stereocenters. The molecule has 94 valence electrons. The van der Waals surface area contributed by atoms with Crippen molar-refractivity contribution in [2.45, 2.75) is 0 Å². The molecule has 0 saturated carbocycles. The molecule has 1 heterocycles. The summed E-state index contributed by atoms with van der Waals surface area (Å²) in [6, 6.07) is 7.27. The highest BCUT2D eigenvalue weighted by molar-refractivity contribution is 6.32. The maximum absolute atomic E-state index is 5.82. The van der Waals surface area contributed by atoms with E-state index in [-0.39, 0.29) is 16.8 Å². The van der Waals surface area contributed by atoms with Gasteiger partial charge in [0.1, 0.15) is 11.4 Å². The van der Waals surface area contributed by atoms with Crippen LogP contribution in [-0.2, 0) is 0 Å². The van der Waals surface area contributed by atoms with Crippen LogP contribution in [0.5, 0.6) is 5.75 Å². The summed E-state index contributed by atoms with van der Waals surface area (Å²) in [7, 11) is 1.60. The number of hydrogen-bond acceptors (Lipinski definition) is 6. The zero-order valence-corrected chi connectivity index (χ0v) is 10.4. The predicted octanol–water partition coefficient (Wildman–Crippen LogP) is 2.05. The van der Waals surface area contributed by atoms with E-state index < -0.39 is 0 Å². The van der Waals surface area contributed by atoms with Crippen molar-refractivity contribution < 1.29 is 4.74 Å². The average molecular weight is 266 g/mol. The van der Waals surface area contributed by atoms with Crippen LogP contribution >= 0.6 is 11.6 Å². The summed E-state index contributed by atoms with van der Waals surface area (Å²) in [4.78, 5) is 7.74. The van der Waals surface area contributed by atoms with Crippen molar-refractivity contribution in [3.63, 3.8) is 0 Å². The zero-order valence-electron chi connectivity index (χ0n) is 9.64. The quantitative estimate of drug-likeness (QED) is 0.735. The largest absolute Gasteiger partial charge is 0.497 e. The van der Waals surface area contributed by atoms with Gasteiger partial charge in [-0.3, -0.25) is 0 Å². The van der Waals surface area contributed by atoms with Gasteiger partial charge in [-0.05, 0) is 24.3 Å². The average Bonchev–Trinajstić information content (AvgIpc) is 2.36. The molecule has 0 aliphatic heterocycles. The summed E-state index contributed by atoms with van der Waals surface area (Å²) in [6.45, 7) is 0. The Morgan fingerprint density at radius 2 is 1.83 bits per heavy atom. The molecule has 7 heteroatoms. The topological polar surface area (TPSA) is 99.1 Å². The van der Waals surface area contributed by atoms with E-state index in [1.54, 1.807) is 7.11 Å². The molecule has 2 rings (SSSR count). The number of rotatable bonds is 3. The van der Waals surface area contributed by atoms with Crippen molar-refractivity contribution in [1.82, 2.24) is 9.97 Å². The van der Waals surface area contributed by atoms with Gasteiger partial charge in [0.15, 0.2) is 11.0 Å². The predicted molar refractivity (Wildman–Crippen MR) is 72.1 cm³/mol. The van der Waals surface area contributed by atoms with Gasteiger partial charge in [0.25, 0.3) is 0 Å². The molecule has 6 nitrogen and oxygen atoms in total. The van der Waals surface area contributed by atoms with E-state index in [4.69, 9.17) is 27.8 Å². The summed E-state index contributed by atoms with van der Waals surface area (Å²) >= 11 is 5.82. The molecule has 0 amide bonds. The van der Waals surface area contributed by atoms with Crippen LogP contribution in [0, 0.1) is 0 Å². The number of benzene rings is 1. The van der Waals surface area contributed by atoms with E-state index in [1.807, 2.05) is 24.3 Å². The third-order valence-corrected chi connectivity index (χ3v) is 2.56. The molecule has 5 N–H and O–H groups in total. The number of nitrogens with zero attached hydrogens (tertiary/aromatic N) is 2. The molecule has 1 aromatic carbocycles. The second-order valence-corrected chi connectivity index (χ2v) is 3.85. The zero-order chi connectivity index (χ0) is 13.1. The van der Waals surface area contributed by atoms with E-state index in [2.05, 4.69) is 15.3 Å². The fourth-order valence-corrected chi connectivity index (χ4v) is 1.54. The normalized spacial score (nSPS) is 10.1. The first kappa shape index (κ1) is 12.3. The summed E-state index contributed by atoms with van der Waals surface area (Å²) in [6.07, 6.45) is 0. The van der Waals surface area contributed by atoms with Crippen LogP contribution in [0.2, 0.25) is 5.15 Å². The number of anilines is 4. The summed E-state index contributed by atoms with van der Waals surface area (Å²) in [5, 5.41) is 3.13. The molecule has 0 atom stereocenters. The van der Waals surface area contributed by atoms with Crippen molar-refractivity contribution in [1.29, 1.82) is 0 Å². The highest BCUT2D eigenvalue weighted by atomic mass is 35.5. The van der Waals surface area contributed by atoms with Gasteiger partial charge in [-0.2, -0.15) is 9.97 Å². The van der Waals surface area contributed by atoms with Crippen molar-refractivity contribution >= 4 is 34.7 Å². The molecule has 2 aromatic rings. The standard InChI is InChI=1S/C11H12ClN5O/c1-18-7-4-2-6(3-5-7)15-10-8(13)9(12)16-11(14)17-10/h2-5H,13H2,1H3,(H3,14,15,16,17). The number of aromatic nitrogens is 2. The molecule has 0 bridgehead atoms. The van der Waals surface area contributed by atoms with Crippen LogP contribution in [0.15, 0.2) is 24.3 Å². The Balaban J connectivity index is 2.27. The van der Waals surface area contributed by atoms with Crippen molar-refractivity contribution in [3.8, 4) is 5.75 Å². The van der Waals surface area contributed by atoms with E-state index in [0.29, 0.717) is 5.82 Å². The Morgan fingerprint density at radius 3 is 2.44 bits per heavy atom. The maximum Gasteiger partial charge on any atom is 0.223 e. The highest BCUT2D eigenvalue weighted by Crippen LogP contribution is 2.27. The molecule has 0 saturated heterocycles. The van der Waals surface area contributed by atoms with Crippen LogP contribution in [-0.4, -0.2) is 17.1 Å². The lowest BCUT2D eigenvalue weighted by atomic mass is 10.3. The van der Waals surface area contributed by atoms with Gasteiger partial charge in [0.2, 0.25) is 5.95 Å². The van der Waals surface area contributed by atoms with E-state index in [0.717, 1.165) is 11.4 Å². The van der Waals surface area contributed by atoms with Gasteiger partial charge in [0.05, 0.1) is 7.11 Å². The monoisotopic (exact) mass is 265 g/mol. The molecule has 0 fully saturated rings. The van der Waals surface area contributed by atoms with Gasteiger partial charge < -0.3 is 21.5 Å². The number of nitrogens with one attached hydrogen (secondary N) is 1. The second-order valence-electron chi connectivity index (χ2n) is 3.49. The highest BCUT2D eigenvalue weighted by Gasteiger charge is 2.08. The smallest absolute Gasteiger partial charge is 0.223 e. The molecule has 0 aliphatic rings. The molecule has 0 spiro atoms. The fraction of sp³-hybridized carbons (Fsp3) is 0.0909. The van der Waals surface area contributed by atoms with Crippen LogP contribution < -0.4 is 21.5 Å². The van der Waals surface area contributed by atoms with Crippen LogP contribution in [0.25, 0.3) is 0 Å². The van der Waals surface area contributed by atoms with E-state index in [1.165, 1.54) is 0 Å². The van der Waals surface area contributed by atoms with Crippen molar-refractivity contribution in [2.75, 3.05) is 23.9 Å². The Morgan fingerprint density at radius 1 is 1.17 bits per heavy atom. The number of halogens is 1.